The fraction of sp³-hybridized carbons (Fsp3) is 0.646. The van der Waals surface area contributed by atoms with E-state index in [1.807, 2.05) is 0 Å². The first kappa shape index (κ1) is 66.8. The summed E-state index contributed by atoms with van der Waals surface area (Å²) in [7, 11) is 0. The molecule has 0 aliphatic heterocycles. The van der Waals surface area contributed by atoms with Crippen LogP contribution in [-0.2, 0) is 28.6 Å². The van der Waals surface area contributed by atoms with Gasteiger partial charge < -0.3 is 14.2 Å². The Morgan fingerprint density at radius 2 is 0.577 bits per heavy atom. The Labute approximate surface area is 437 Å². The summed E-state index contributed by atoms with van der Waals surface area (Å²) in [5.74, 6) is -0.960. The molecule has 6 nitrogen and oxygen atoms in total. The predicted molar refractivity (Wildman–Crippen MR) is 306 cm³/mol. The maximum absolute atomic E-state index is 12.8. The Morgan fingerprint density at radius 3 is 0.944 bits per heavy atom. The van der Waals surface area contributed by atoms with Crippen LogP contribution in [0.15, 0.2) is 122 Å². The summed E-state index contributed by atoms with van der Waals surface area (Å²) >= 11 is 0. The zero-order valence-corrected chi connectivity index (χ0v) is 45.9. The van der Waals surface area contributed by atoms with Gasteiger partial charge in [-0.05, 0) is 109 Å². The zero-order chi connectivity index (χ0) is 51.4. The zero-order valence-electron chi connectivity index (χ0n) is 45.9. The van der Waals surface area contributed by atoms with Crippen LogP contribution in [0.1, 0.15) is 252 Å². The van der Waals surface area contributed by atoms with Crippen molar-refractivity contribution in [3.05, 3.63) is 122 Å². The lowest BCUT2D eigenvalue weighted by Gasteiger charge is -2.18. The van der Waals surface area contributed by atoms with E-state index in [4.69, 9.17) is 14.2 Å². The molecule has 0 amide bonds. The van der Waals surface area contributed by atoms with Crippen LogP contribution in [0.4, 0.5) is 0 Å². The van der Waals surface area contributed by atoms with Gasteiger partial charge in [0.05, 0.1) is 0 Å². The van der Waals surface area contributed by atoms with E-state index in [0.717, 1.165) is 135 Å². The van der Waals surface area contributed by atoms with Crippen LogP contribution in [0, 0.1) is 0 Å². The van der Waals surface area contributed by atoms with E-state index < -0.39 is 6.10 Å². The van der Waals surface area contributed by atoms with E-state index in [-0.39, 0.29) is 31.1 Å². The van der Waals surface area contributed by atoms with Crippen molar-refractivity contribution in [2.45, 2.75) is 258 Å². The van der Waals surface area contributed by atoms with Gasteiger partial charge in [0.25, 0.3) is 0 Å². The smallest absolute Gasteiger partial charge is 0.306 e. The molecule has 0 N–H and O–H groups in total. The molecule has 402 valence electrons. The van der Waals surface area contributed by atoms with Crippen molar-refractivity contribution in [2.75, 3.05) is 13.2 Å². The first-order valence-electron chi connectivity index (χ1n) is 29.0. The highest BCUT2D eigenvalue weighted by atomic mass is 16.6. The van der Waals surface area contributed by atoms with Crippen molar-refractivity contribution in [3.63, 3.8) is 0 Å². The van der Waals surface area contributed by atoms with Crippen molar-refractivity contribution >= 4 is 17.9 Å². The third kappa shape index (κ3) is 56.6. The summed E-state index contributed by atoms with van der Waals surface area (Å²) in [4.78, 5) is 38.1. The van der Waals surface area contributed by atoms with E-state index in [0.29, 0.717) is 25.7 Å². The molecule has 1 unspecified atom stereocenters. The Morgan fingerprint density at radius 1 is 0.296 bits per heavy atom. The van der Waals surface area contributed by atoms with Crippen molar-refractivity contribution in [1.82, 2.24) is 0 Å². The lowest BCUT2D eigenvalue weighted by molar-refractivity contribution is -0.167. The van der Waals surface area contributed by atoms with Gasteiger partial charge in [-0.1, -0.05) is 245 Å². The molecule has 1 atom stereocenters. The SMILES string of the molecule is CC/C=C\C/C=C\C/C=C\C/C=C\C/C=C\C/C=C\C/C=C\C/C=C\CCCCC(=O)OCC(COC(=O)CCCCCCCCCCCCCCC)OC(=O)CCCCCCC/C=C\C/C=C\CCC. The van der Waals surface area contributed by atoms with Crippen LogP contribution < -0.4 is 0 Å². The minimum absolute atomic E-state index is 0.0984. The molecular formula is C65H106O6. The summed E-state index contributed by atoms with van der Waals surface area (Å²) in [5, 5.41) is 0. The van der Waals surface area contributed by atoms with Crippen LogP contribution in [0.2, 0.25) is 0 Å². The summed E-state index contributed by atoms with van der Waals surface area (Å²) < 4.78 is 16.8. The molecule has 0 aromatic rings. The van der Waals surface area contributed by atoms with E-state index in [1.54, 1.807) is 0 Å². The highest BCUT2D eigenvalue weighted by molar-refractivity contribution is 5.71. The maximum atomic E-state index is 12.8. The Kier molecular flexibility index (Phi) is 54.9. The third-order valence-electron chi connectivity index (χ3n) is 11.9. The molecule has 0 saturated heterocycles. The quantitative estimate of drug-likeness (QED) is 0.0261. The standard InChI is InChI=1S/C65H106O6/c1-4-7-10-13-16-19-22-25-26-27-28-29-30-31-32-33-34-35-36-37-38-41-43-46-49-52-55-58-64(67)70-61-62(71-65(68)59-56-53-50-47-44-40-24-21-18-15-12-9-6-3)60-69-63(66)57-54-51-48-45-42-39-23-20-17-14-11-8-5-2/h7,10,12,15-16,19,21,24-26,28-29,31-32,34-35,37-38,43,46,62H,4-6,8-9,11,13-14,17-18,20,22-23,27,30,33,36,39-42,44-45,47-61H2,1-3H3/b10-7-,15-12-,19-16-,24-21-,26-25-,29-28-,32-31-,35-34-,38-37-,46-43-. The molecule has 6 heteroatoms. The fourth-order valence-corrected chi connectivity index (χ4v) is 7.61. The number of rotatable bonds is 51. The number of carbonyl (C=O) groups is 3. The maximum Gasteiger partial charge on any atom is 0.306 e. The van der Waals surface area contributed by atoms with Crippen molar-refractivity contribution in [1.29, 1.82) is 0 Å². The van der Waals surface area contributed by atoms with Crippen molar-refractivity contribution in [3.8, 4) is 0 Å². The van der Waals surface area contributed by atoms with Gasteiger partial charge in [0, 0.05) is 19.3 Å². The van der Waals surface area contributed by atoms with Gasteiger partial charge >= 0.3 is 17.9 Å². The van der Waals surface area contributed by atoms with Crippen LogP contribution in [-0.4, -0.2) is 37.2 Å². The molecule has 0 aromatic carbocycles. The first-order chi connectivity index (χ1) is 35.0. The molecule has 0 bridgehead atoms. The normalized spacial score (nSPS) is 13.0. The number of allylic oxidation sites excluding steroid dienone is 20. The second kappa shape index (κ2) is 58.4. The van der Waals surface area contributed by atoms with Crippen molar-refractivity contribution in [2.24, 2.45) is 0 Å². The van der Waals surface area contributed by atoms with Gasteiger partial charge in [-0.3, -0.25) is 14.4 Å². The van der Waals surface area contributed by atoms with E-state index in [2.05, 4.69) is 142 Å². The average molecular weight is 984 g/mol. The van der Waals surface area contributed by atoms with E-state index in [9.17, 15) is 14.4 Å². The number of carbonyl (C=O) groups excluding carboxylic acids is 3. The van der Waals surface area contributed by atoms with Gasteiger partial charge in [-0.2, -0.15) is 0 Å². The van der Waals surface area contributed by atoms with Crippen LogP contribution >= 0.6 is 0 Å². The van der Waals surface area contributed by atoms with Crippen LogP contribution in [0.5, 0.6) is 0 Å². The predicted octanol–water partition coefficient (Wildman–Crippen LogP) is 19.6. The molecule has 71 heavy (non-hydrogen) atoms. The monoisotopic (exact) mass is 983 g/mol. The number of unbranched alkanes of at least 4 members (excludes halogenated alkanes) is 20. The fourth-order valence-electron chi connectivity index (χ4n) is 7.61. The lowest BCUT2D eigenvalue weighted by Crippen LogP contribution is -2.30. The topological polar surface area (TPSA) is 78.9 Å². The van der Waals surface area contributed by atoms with E-state index in [1.165, 1.54) is 70.6 Å². The van der Waals surface area contributed by atoms with Crippen LogP contribution in [0.3, 0.4) is 0 Å². The minimum Gasteiger partial charge on any atom is -0.462 e. The summed E-state index contributed by atoms with van der Waals surface area (Å²) in [6.07, 6.45) is 80.5. The number of ether oxygens (including phenoxy) is 3. The van der Waals surface area contributed by atoms with Gasteiger partial charge in [-0.25, -0.2) is 0 Å². The first-order valence-corrected chi connectivity index (χ1v) is 29.0. The number of hydrogen-bond donors (Lipinski definition) is 0. The molecule has 0 heterocycles. The lowest BCUT2D eigenvalue weighted by atomic mass is 10.0. The highest BCUT2D eigenvalue weighted by Crippen LogP contribution is 2.15. The second-order valence-electron chi connectivity index (χ2n) is 18.8. The molecule has 0 aliphatic rings. The summed E-state index contributed by atoms with van der Waals surface area (Å²) in [6, 6.07) is 0. The molecule has 0 saturated carbocycles. The van der Waals surface area contributed by atoms with Gasteiger partial charge in [0.15, 0.2) is 6.10 Å². The number of esters is 3. The Hall–Kier alpha value is -4.19. The molecule has 0 spiro atoms. The molecule has 0 radical (unpaired) electrons. The largest absolute Gasteiger partial charge is 0.462 e. The minimum atomic E-state index is -0.805. The van der Waals surface area contributed by atoms with Crippen molar-refractivity contribution < 1.29 is 28.6 Å². The second-order valence-corrected chi connectivity index (χ2v) is 18.8. The molecule has 0 rings (SSSR count). The Balaban J connectivity index is 4.41. The molecule has 0 fully saturated rings. The average Bonchev–Trinajstić information content (AvgIpc) is 3.37. The van der Waals surface area contributed by atoms with E-state index >= 15 is 0 Å². The summed E-state index contributed by atoms with van der Waals surface area (Å²) in [6.45, 7) is 6.41. The van der Waals surface area contributed by atoms with Gasteiger partial charge in [0.2, 0.25) is 0 Å². The van der Waals surface area contributed by atoms with Crippen LogP contribution in [0.25, 0.3) is 0 Å². The van der Waals surface area contributed by atoms with Gasteiger partial charge in [0.1, 0.15) is 13.2 Å². The highest BCUT2D eigenvalue weighted by Gasteiger charge is 2.19. The Bertz CT molecular complexity index is 1500. The molecular weight excluding hydrogens is 877 g/mol. The molecule has 0 aliphatic carbocycles. The molecule has 0 aromatic heterocycles. The summed E-state index contributed by atoms with van der Waals surface area (Å²) in [5.41, 5.74) is 0. The number of hydrogen-bond acceptors (Lipinski definition) is 6. The van der Waals surface area contributed by atoms with Gasteiger partial charge in [-0.15, -0.1) is 0 Å². The third-order valence-corrected chi connectivity index (χ3v) is 11.9.